The van der Waals surface area contributed by atoms with Gasteiger partial charge in [0.2, 0.25) is 5.95 Å². The van der Waals surface area contributed by atoms with Crippen LogP contribution in [0.5, 0.6) is 17.8 Å². The largest absolute Gasteiger partial charge is 0.424 e. The molecule has 0 amide bonds. The number of nitrogens with one attached hydrogen (secondary N) is 1. The SMILES string of the molecule is C/C=C\C(=C/CC)Oc1nc(Nc2cccc(CO)c2)nc(Oc2ccccc2)n1. The minimum atomic E-state index is -0.0576. The molecule has 3 rings (SSSR count). The highest BCUT2D eigenvalue weighted by Crippen LogP contribution is 2.23. The van der Waals surface area contributed by atoms with Crippen molar-refractivity contribution in [1.29, 1.82) is 0 Å². The van der Waals surface area contributed by atoms with Gasteiger partial charge in [-0.25, -0.2) is 0 Å². The molecule has 7 nitrogen and oxygen atoms in total. The second-order valence-corrected chi connectivity index (χ2v) is 6.24. The summed E-state index contributed by atoms with van der Waals surface area (Å²) in [7, 11) is 0. The van der Waals surface area contributed by atoms with Gasteiger partial charge < -0.3 is 19.9 Å². The van der Waals surface area contributed by atoms with Crippen LogP contribution >= 0.6 is 0 Å². The predicted octanol–water partition coefficient (Wildman–Crippen LogP) is 5.15. The second-order valence-electron chi connectivity index (χ2n) is 6.24. The number of aromatic nitrogens is 3. The molecular formula is C23H24N4O3. The zero-order valence-electron chi connectivity index (χ0n) is 16.9. The van der Waals surface area contributed by atoms with Crippen molar-refractivity contribution in [3.8, 4) is 17.8 Å². The van der Waals surface area contributed by atoms with Gasteiger partial charge in [-0.15, -0.1) is 4.98 Å². The number of ether oxygens (including phenoxy) is 2. The molecule has 7 heteroatoms. The standard InChI is InChI=1S/C23H24N4O3/c1-3-9-19(10-4-2)29-22-25-21(24-18-12-8-11-17(15-18)16-28)26-23(27-22)30-20-13-6-5-7-14-20/h3,5-15,28H,4,16H2,1-2H3,(H,24,25,26,27)/b9-3-,19-10+. The van der Waals surface area contributed by atoms with E-state index in [0.29, 0.717) is 11.5 Å². The summed E-state index contributed by atoms with van der Waals surface area (Å²) >= 11 is 0. The number of hydrogen-bond donors (Lipinski definition) is 2. The lowest BCUT2D eigenvalue weighted by molar-refractivity contribution is 0.282. The van der Waals surface area contributed by atoms with Crippen molar-refractivity contribution in [3.05, 3.63) is 84.1 Å². The van der Waals surface area contributed by atoms with Crippen molar-refractivity contribution in [1.82, 2.24) is 15.0 Å². The Hall–Kier alpha value is -3.71. The smallest absolute Gasteiger partial charge is 0.330 e. The number of allylic oxidation sites excluding steroid dienone is 3. The maximum atomic E-state index is 9.36. The van der Waals surface area contributed by atoms with Crippen LogP contribution in [-0.4, -0.2) is 20.1 Å². The summed E-state index contributed by atoms with van der Waals surface area (Å²) in [5, 5.41) is 12.5. The number of nitrogens with zero attached hydrogens (tertiary/aromatic N) is 3. The Kier molecular flexibility index (Phi) is 7.51. The summed E-state index contributed by atoms with van der Waals surface area (Å²) in [6, 6.07) is 16.8. The third kappa shape index (κ3) is 6.15. The van der Waals surface area contributed by atoms with E-state index in [9.17, 15) is 5.11 Å². The molecular weight excluding hydrogens is 380 g/mol. The molecule has 0 bridgehead atoms. The Balaban J connectivity index is 1.93. The number of hydrogen-bond acceptors (Lipinski definition) is 7. The Labute approximate surface area is 175 Å². The van der Waals surface area contributed by atoms with E-state index in [4.69, 9.17) is 9.47 Å². The first-order valence-corrected chi connectivity index (χ1v) is 9.66. The van der Waals surface area contributed by atoms with Crippen molar-refractivity contribution >= 4 is 11.6 Å². The van der Waals surface area contributed by atoms with Gasteiger partial charge in [0.1, 0.15) is 11.5 Å². The molecule has 0 saturated carbocycles. The molecule has 154 valence electrons. The van der Waals surface area contributed by atoms with E-state index >= 15 is 0 Å². The highest BCUT2D eigenvalue weighted by Gasteiger charge is 2.12. The van der Waals surface area contributed by atoms with Crippen LogP contribution in [0.3, 0.4) is 0 Å². The first kappa shape index (κ1) is 21.0. The summed E-state index contributed by atoms with van der Waals surface area (Å²) < 4.78 is 11.6. The minimum Gasteiger partial charge on any atom is -0.424 e. The van der Waals surface area contributed by atoms with Gasteiger partial charge in [-0.1, -0.05) is 43.3 Å². The molecule has 0 aliphatic rings. The van der Waals surface area contributed by atoms with Gasteiger partial charge in [0.25, 0.3) is 0 Å². The molecule has 2 aromatic carbocycles. The zero-order chi connectivity index (χ0) is 21.2. The molecule has 0 radical (unpaired) electrons. The van der Waals surface area contributed by atoms with Crippen LogP contribution < -0.4 is 14.8 Å². The van der Waals surface area contributed by atoms with Gasteiger partial charge in [-0.05, 0) is 55.3 Å². The van der Waals surface area contributed by atoms with Gasteiger partial charge in [0.15, 0.2) is 0 Å². The number of benzene rings is 2. The number of para-hydroxylation sites is 1. The molecule has 0 aliphatic heterocycles. The number of rotatable bonds is 9. The summed E-state index contributed by atoms with van der Waals surface area (Å²) in [4.78, 5) is 13.0. The summed E-state index contributed by atoms with van der Waals surface area (Å²) in [5.74, 6) is 1.49. The van der Waals surface area contributed by atoms with Crippen LogP contribution in [-0.2, 0) is 6.61 Å². The molecule has 30 heavy (non-hydrogen) atoms. The Bertz CT molecular complexity index is 1020. The molecule has 0 saturated heterocycles. The fourth-order valence-electron chi connectivity index (χ4n) is 2.57. The Morgan fingerprint density at radius 3 is 2.57 bits per heavy atom. The summed E-state index contributed by atoms with van der Waals surface area (Å²) in [5.41, 5.74) is 1.50. The van der Waals surface area contributed by atoms with Crippen LogP contribution in [0.25, 0.3) is 0 Å². The lowest BCUT2D eigenvalue weighted by atomic mass is 10.2. The Morgan fingerprint density at radius 2 is 1.83 bits per heavy atom. The third-order valence-electron chi connectivity index (χ3n) is 3.86. The lowest BCUT2D eigenvalue weighted by Gasteiger charge is -2.11. The van der Waals surface area contributed by atoms with E-state index in [1.54, 1.807) is 0 Å². The summed E-state index contributed by atoms with van der Waals surface area (Å²) in [6.45, 7) is 3.87. The van der Waals surface area contributed by atoms with Crippen LogP contribution in [0.1, 0.15) is 25.8 Å². The maximum Gasteiger partial charge on any atom is 0.330 e. The van der Waals surface area contributed by atoms with E-state index in [1.807, 2.05) is 86.7 Å². The average Bonchev–Trinajstić information content (AvgIpc) is 2.75. The monoisotopic (exact) mass is 404 g/mol. The number of aliphatic hydroxyl groups excluding tert-OH is 1. The van der Waals surface area contributed by atoms with Gasteiger partial charge in [0, 0.05) is 5.69 Å². The minimum absolute atomic E-state index is 0.0576. The van der Waals surface area contributed by atoms with Crippen LogP contribution in [0.2, 0.25) is 0 Å². The van der Waals surface area contributed by atoms with E-state index < -0.39 is 0 Å². The van der Waals surface area contributed by atoms with E-state index in [-0.39, 0.29) is 24.6 Å². The van der Waals surface area contributed by atoms with E-state index in [1.165, 1.54) is 0 Å². The predicted molar refractivity (Wildman–Crippen MR) is 116 cm³/mol. The molecule has 1 aromatic heterocycles. The van der Waals surface area contributed by atoms with Crippen LogP contribution in [0, 0.1) is 0 Å². The quantitative estimate of drug-likeness (QED) is 0.377. The Morgan fingerprint density at radius 1 is 1.03 bits per heavy atom. The van der Waals surface area contributed by atoms with Crippen LogP contribution in [0.15, 0.2) is 78.6 Å². The fourth-order valence-corrected chi connectivity index (χ4v) is 2.57. The van der Waals surface area contributed by atoms with Gasteiger partial charge in [-0.3, -0.25) is 0 Å². The normalized spacial score (nSPS) is 11.5. The number of anilines is 2. The van der Waals surface area contributed by atoms with E-state index in [2.05, 4.69) is 20.3 Å². The van der Waals surface area contributed by atoms with Crippen molar-refractivity contribution in [2.45, 2.75) is 26.9 Å². The second kappa shape index (κ2) is 10.7. The molecule has 3 aromatic rings. The molecule has 0 atom stereocenters. The van der Waals surface area contributed by atoms with Crippen molar-refractivity contribution < 1.29 is 14.6 Å². The summed E-state index contributed by atoms with van der Waals surface area (Å²) in [6.07, 6.45) is 6.45. The lowest BCUT2D eigenvalue weighted by Crippen LogP contribution is -2.05. The number of aliphatic hydroxyl groups is 1. The first-order chi connectivity index (χ1) is 14.7. The van der Waals surface area contributed by atoms with Crippen molar-refractivity contribution in [2.75, 3.05) is 5.32 Å². The highest BCUT2D eigenvalue weighted by molar-refractivity contribution is 5.54. The molecule has 0 aliphatic carbocycles. The molecule has 0 spiro atoms. The first-order valence-electron chi connectivity index (χ1n) is 9.66. The highest BCUT2D eigenvalue weighted by atomic mass is 16.5. The molecule has 0 unspecified atom stereocenters. The zero-order valence-corrected chi connectivity index (χ0v) is 16.9. The third-order valence-corrected chi connectivity index (χ3v) is 3.86. The average molecular weight is 404 g/mol. The van der Waals surface area contributed by atoms with Gasteiger partial charge in [0.05, 0.1) is 6.61 Å². The van der Waals surface area contributed by atoms with Crippen molar-refractivity contribution in [2.24, 2.45) is 0 Å². The van der Waals surface area contributed by atoms with E-state index in [0.717, 1.165) is 17.7 Å². The van der Waals surface area contributed by atoms with Crippen molar-refractivity contribution in [3.63, 3.8) is 0 Å². The maximum absolute atomic E-state index is 9.36. The van der Waals surface area contributed by atoms with Crippen LogP contribution in [0.4, 0.5) is 11.6 Å². The fraction of sp³-hybridized carbons (Fsp3) is 0.174. The van der Waals surface area contributed by atoms with Gasteiger partial charge >= 0.3 is 12.0 Å². The molecule has 0 fully saturated rings. The topological polar surface area (TPSA) is 89.4 Å². The molecule has 2 N–H and O–H groups in total. The van der Waals surface area contributed by atoms with Gasteiger partial charge in [-0.2, -0.15) is 9.97 Å². The molecule has 1 heterocycles.